The van der Waals surface area contributed by atoms with Crippen molar-refractivity contribution >= 4 is 15.9 Å². The highest BCUT2D eigenvalue weighted by Crippen LogP contribution is 2.27. The molecule has 1 atom stereocenters. The Bertz CT molecular complexity index is 330. The van der Waals surface area contributed by atoms with Gasteiger partial charge in [0.2, 0.25) is 6.04 Å². The van der Waals surface area contributed by atoms with Gasteiger partial charge in [0.05, 0.1) is 10.0 Å². The molecular weight excluding hydrogens is 221 g/mol. The van der Waals surface area contributed by atoms with Gasteiger partial charge in [-0.2, -0.15) is 0 Å². The van der Waals surface area contributed by atoms with Gasteiger partial charge in [-0.3, -0.25) is 0 Å². The zero-order chi connectivity index (χ0) is 9.14. The first-order valence-electron chi connectivity index (χ1n) is 3.47. The molecule has 12 heavy (non-hydrogen) atoms. The van der Waals surface area contributed by atoms with E-state index in [-0.39, 0.29) is 11.9 Å². The molecule has 0 saturated carbocycles. The lowest BCUT2D eigenvalue weighted by atomic mass is 10.1. The second-order valence-electron chi connectivity index (χ2n) is 2.45. The Hall–Kier alpha value is -0.880. The molecule has 0 bridgehead atoms. The highest BCUT2D eigenvalue weighted by molar-refractivity contribution is 9.10. The van der Waals surface area contributed by atoms with E-state index in [1.165, 1.54) is 6.07 Å². The molecule has 1 nitrogen and oxygen atoms in total. The van der Waals surface area contributed by atoms with Crippen LogP contribution in [0.4, 0.5) is 4.39 Å². The predicted octanol–water partition coefficient (Wildman–Crippen LogP) is 3.57. The van der Waals surface area contributed by atoms with Gasteiger partial charge < -0.3 is 4.85 Å². The summed E-state index contributed by atoms with van der Waals surface area (Å²) in [5.74, 6) is -0.317. The first-order chi connectivity index (χ1) is 5.66. The second-order valence-corrected chi connectivity index (χ2v) is 3.24. The number of nitrogens with zero attached hydrogens (tertiary/aromatic N) is 1. The lowest BCUT2D eigenvalue weighted by Crippen LogP contribution is -1.90. The van der Waals surface area contributed by atoms with Crippen LogP contribution in [-0.4, -0.2) is 0 Å². The standard InChI is InChI=1S/C9H7BrFN/c1-6(12-2)7-4-3-5-8(11)9(7)10/h3-6H,1H3. The molecule has 3 heteroatoms. The highest BCUT2D eigenvalue weighted by Gasteiger charge is 2.14. The summed E-state index contributed by atoms with van der Waals surface area (Å²) in [6, 6.07) is 4.42. The summed E-state index contributed by atoms with van der Waals surface area (Å²) in [5.41, 5.74) is 0.699. The van der Waals surface area contributed by atoms with Gasteiger partial charge in [-0.05, 0) is 28.1 Å². The molecule has 62 valence electrons. The van der Waals surface area contributed by atoms with Crippen LogP contribution in [0.25, 0.3) is 4.85 Å². The lowest BCUT2D eigenvalue weighted by Gasteiger charge is -2.02. The molecule has 0 aliphatic rings. The van der Waals surface area contributed by atoms with E-state index < -0.39 is 0 Å². The molecule has 0 spiro atoms. The Labute approximate surface area is 79.2 Å². The molecule has 0 heterocycles. The normalized spacial score (nSPS) is 12.2. The molecule has 0 fully saturated rings. The maximum Gasteiger partial charge on any atom is 0.247 e. The molecule has 0 amide bonds. The van der Waals surface area contributed by atoms with Crippen molar-refractivity contribution in [2.75, 3.05) is 0 Å². The molecular formula is C9H7BrFN. The molecule has 1 rings (SSSR count). The Morgan fingerprint density at radius 3 is 2.83 bits per heavy atom. The van der Waals surface area contributed by atoms with Crippen molar-refractivity contribution in [1.82, 2.24) is 0 Å². The van der Waals surface area contributed by atoms with Crippen molar-refractivity contribution in [2.45, 2.75) is 13.0 Å². The molecule has 1 aromatic rings. The van der Waals surface area contributed by atoms with Crippen molar-refractivity contribution in [3.05, 3.63) is 45.5 Å². The summed E-state index contributed by atoms with van der Waals surface area (Å²) < 4.78 is 13.3. The van der Waals surface area contributed by atoms with Gasteiger partial charge in [-0.15, -0.1) is 0 Å². The maximum absolute atomic E-state index is 12.9. The van der Waals surface area contributed by atoms with Crippen LogP contribution in [0.15, 0.2) is 22.7 Å². The van der Waals surface area contributed by atoms with Crippen LogP contribution in [0, 0.1) is 12.4 Å². The zero-order valence-electron chi connectivity index (χ0n) is 6.51. The van der Waals surface area contributed by atoms with E-state index >= 15 is 0 Å². The first kappa shape index (κ1) is 9.21. The Kier molecular flexibility index (Phi) is 2.83. The van der Waals surface area contributed by atoms with Crippen LogP contribution in [0.2, 0.25) is 0 Å². The molecule has 0 N–H and O–H groups in total. The van der Waals surface area contributed by atoms with Crippen LogP contribution in [0.5, 0.6) is 0 Å². The van der Waals surface area contributed by atoms with E-state index in [2.05, 4.69) is 20.8 Å². The SMILES string of the molecule is [C-]#[N+]C(C)c1cccc(F)c1Br. The average Bonchev–Trinajstić information content (AvgIpc) is 2.08. The summed E-state index contributed by atoms with van der Waals surface area (Å²) in [4.78, 5) is 3.31. The fourth-order valence-corrected chi connectivity index (χ4v) is 1.51. The van der Waals surface area contributed by atoms with E-state index in [4.69, 9.17) is 6.57 Å². The summed E-state index contributed by atoms with van der Waals surface area (Å²) >= 11 is 3.10. The second kappa shape index (κ2) is 3.68. The zero-order valence-corrected chi connectivity index (χ0v) is 8.10. The first-order valence-corrected chi connectivity index (χ1v) is 4.26. The van der Waals surface area contributed by atoms with Crippen molar-refractivity contribution in [3.63, 3.8) is 0 Å². The van der Waals surface area contributed by atoms with Crippen molar-refractivity contribution in [2.24, 2.45) is 0 Å². The summed E-state index contributed by atoms with van der Waals surface area (Å²) in [6.07, 6.45) is 0. The van der Waals surface area contributed by atoms with Gasteiger partial charge in [-0.1, -0.05) is 6.07 Å². The van der Waals surface area contributed by atoms with Gasteiger partial charge in [0.1, 0.15) is 5.82 Å². The largest absolute Gasteiger partial charge is 0.309 e. The summed E-state index contributed by atoms with van der Waals surface area (Å²) in [5, 5.41) is 0. The number of hydrogen-bond acceptors (Lipinski definition) is 0. The van der Waals surface area contributed by atoms with Gasteiger partial charge in [0.25, 0.3) is 0 Å². The van der Waals surface area contributed by atoms with Crippen LogP contribution in [0.1, 0.15) is 18.5 Å². The number of halogens is 2. The molecule has 1 aromatic carbocycles. The van der Waals surface area contributed by atoms with E-state index in [9.17, 15) is 4.39 Å². The minimum Gasteiger partial charge on any atom is -0.309 e. The molecule has 0 radical (unpaired) electrons. The highest BCUT2D eigenvalue weighted by atomic mass is 79.9. The van der Waals surface area contributed by atoms with E-state index in [1.54, 1.807) is 19.1 Å². The number of rotatable bonds is 1. The molecule has 0 aromatic heterocycles. The Balaban J connectivity index is 3.18. The van der Waals surface area contributed by atoms with Crippen molar-refractivity contribution in [3.8, 4) is 0 Å². The van der Waals surface area contributed by atoms with Gasteiger partial charge >= 0.3 is 0 Å². The third kappa shape index (κ3) is 1.64. The lowest BCUT2D eigenvalue weighted by molar-refractivity contribution is 0.617. The van der Waals surface area contributed by atoms with Crippen LogP contribution in [-0.2, 0) is 0 Å². The van der Waals surface area contributed by atoms with Gasteiger partial charge in [0.15, 0.2) is 0 Å². The molecule has 0 aliphatic carbocycles. The monoisotopic (exact) mass is 227 g/mol. The average molecular weight is 228 g/mol. The van der Waals surface area contributed by atoms with E-state index in [0.29, 0.717) is 10.0 Å². The molecule has 1 unspecified atom stereocenters. The van der Waals surface area contributed by atoms with E-state index in [0.717, 1.165) is 0 Å². The van der Waals surface area contributed by atoms with Gasteiger partial charge in [0, 0.05) is 6.92 Å². The minimum absolute atomic E-state index is 0.296. The fourth-order valence-electron chi connectivity index (χ4n) is 0.913. The van der Waals surface area contributed by atoms with Crippen LogP contribution in [0.3, 0.4) is 0 Å². The third-order valence-corrected chi connectivity index (χ3v) is 2.46. The minimum atomic E-state index is -0.317. The molecule has 0 aliphatic heterocycles. The quantitative estimate of drug-likeness (QED) is 0.647. The summed E-state index contributed by atoms with van der Waals surface area (Å²) in [6.45, 7) is 8.54. The Morgan fingerprint density at radius 1 is 1.58 bits per heavy atom. The van der Waals surface area contributed by atoms with E-state index in [1.807, 2.05) is 0 Å². The maximum atomic E-state index is 12.9. The molecule has 0 saturated heterocycles. The van der Waals surface area contributed by atoms with Crippen molar-refractivity contribution in [1.29, 1.82) is 0 Å². The number of benzene rings is 1. The smallest absolute Gasteiger partial charge is 0.247 e. The van der Waals surface area contributed by atoms with Gasteiger partial charge in [-0.25, -0.2) is 11.0 Å². The van der Waals surface area contributed by atoms with Crippen LogP contribution >= 0.6 is 15.9 Å². The summed E-state index contributed by atoms with van der Waals surface area (Å²) in [7, 11) is 0. The third-order valence-electron chi connectivity index (χ3n) is 1.63. The van der Waals surface area contributed by atoms with Crippen LogP contribution < -0.4 is 0 Å². The topological polar surface area (TPSA) is 4.36 Å². The predicted molar refractivity (Wildman–Crippen MR) is 49.1 cm³/mol. The van der Waals surface area contributed by atoms with Crippen molar-refractivity contribution < 1.29 is 4.39 Å². The number of hydrogen-bond donors (Lipinski definition) is 0. The fraction of sp³-hybridized carbons (Fsp3) is 0.222. The Morgan fingerprint density at radius 2 is 2.25 bits per heavy atom.